The zero-order valence-corrected chi connectivity index (χ0v) is 11.3. The highest BCUT2D eigenvalue weighted by atomic mass is 16.5. The number of pyridine rings is 1. The molecule has 0 saturated carbocycles. The topological polar surface area (TPSA) is 57.4 Å². The Balaban J connectivity index is 2.00. The van der Waals surface area contributed by atoms with Gasteiger partial charge in [0.1, 0.15) is 12.4 Å². The molecule has 4 heteroatoms. The van der Waals surface area contributed by atoms with Crippen molar-refractivity contribution in [1.82, 2.24) is 4.98 Å². The van der Waals surface area contributed by atoms with E-state index in [1.165, 1.54) is 0 Å². The van der Waals surface area contributed by atoms with Gasteiger partial charge in [0.2, 0.25) is 5.88 Å². The summed E-state index contributed by atoms with van der Waals surface area (Å²) in [6.07, 6.45) is 1.69. The molecule has 2 rings (SSSR count). The number of hydrogen-bond acceptors (Lipinski definition) is 4. The first-order valence-corrected chi connectivity index (χ1v) is 6.23. The van der Waals surface area contributed by atoms with E-state index in [9.17, 15) is 0 Å². The number of nitrogens with zero attached hydrogens (tertiary/aromatic N) is 1. The quantitative estimate of drug-likeness (QED) is 0.861. The van der Waals surface area contributed by atoms with E-state index in [2.05, 4.69) is 16.8 Å². The molecule has 0 aliphatic heterocycles. The minimum atomic E-state index is 0.360. The summed E-state index contributed by atoms with van der Waals surface area (Å²) in [5.74, 6) is 7.13. The van der Waals surface area contributed by atoms with Crippen molar-refractivity contribution < 1.29 is 9.47 Å². The SMILES string of the molecule is COc1ncccc1COc1ccc(C#CCN)cc1. The molecule has 1 heterocycles. The Morgan fingerprint density at radius 1 is 1.20 bits per heavy atom. The van der Waals surface area contributed by atoms with Crippen molar-refractivity contribution in [2.75, 3.05) is 13.7 Å². The van der Waals surface area contributed by atoms with Gasteiger partial charge in [-0.2, -0.15) is 0 Å². The molecule has 0 fully saturated rings. The summed E-state index contributed by atoms with van der Waals surface area (Å²) in [6, 6.07) is 11.3. The number of rotatable bonds is 4. The molecule has 0 saturated heterocycles. The van der Waals surface area contributed by atoms with Crippen molar-refractivity contribution in [3.63, 3.8) is 0 Å². The normalized spacial score (nSPS) is 9.50. The molecule has 1 aromatic heterocycles. The van der Waals surface area contributed by atoms with Crippen molar-refractivity contribution >= 4 is 0 Å². The standard InChI is InChI=1S/C16H16N2O2/c1-19-16-14(5-3-11-18-16)12-20-15-8-6-13(7-9-15)4-2-10-17/h3,5-9,11H,10,12,17H2,1H3. The van der Waals surface area contributed by atoms with Crippen LogP contribution in [0.3, 0.4) is 0 Å². The van der Waals surface area contributed by atoms with Gasteiger partial charge in [0.25, 0.3) is 0 Å². The Morgan fingerprint density at radius 3 is 2.70 bits per heavy atom. The molecule has 0 aliphatic rings. The van der Waals surface area contributed by atoms with Gasteiger partial charge in [0, 0.05) is 11.8 Å². The Bertz CT molecular complexity index is 612. The molecular weight excluding hydrogens is 252 g/mol. The molecule has 0 atom stereocenters. The van der Waals surface area contributed by atoms with E-state index < -0.39 is 0 Å². The maximum Gasteiger partial charge on any atom is 0.219 e. The molecule has 20 heavy (non-hydrogen) atoms. The summed E-state index contributed by atoms with van der Waals surface area (Å²) in [5.41, 5.74) is 7.15. The van der Waals surface area contributed by atoms with Gasteiger partial charge in [-0.15, -0.1) is 0 Å². The molecular formula is C16H16N2O2. The zero-order chi connectivity index (χ0) is 14.2. The minimum Gasteiger partial charge on any atom is -0.489 e. The van der Waals surface area contributed by atoms with Crippen LogP contribution in [-0.2, 0) is 6.61 Å². The Morgan fingerprint density at radius 2 is 2.00 bits per heavy atom. The second kappa shape index (κ2) is 7.17. The maximum absolute atomic E-state index is 5.70. The van der Waals surface area contributed by atoms with E-state index in [-0.39, 0.29) is 0 Å². The smallest absolute Gasteiger partial charge is 0.219 e. The predicted molar refractivity (Wildman–Crippen MR) is 77.5 cm³/mol. The van der Waals surface area contributed by atoms with Crippen LogP contribution in [0, 0.1) is 11.8 Å². The van der Waals surface area contributed by atoms with Gasteiger partial charge in [-0.05, 0) is 36.4 Å². The third kappa shape index (κ3) is 3.74. The molecule has 0 aliphatic carbocycles. The molecule has 2 aromatic rings. The minimum absolute atomic E-state index is 0.360. The lowest BCUT2D eigenvalue weighted by Gasteiger charge is -2.09. The van der Waals surface area contributed by atoms with E-state index in [1.807, 2.05) is 36.4 Å². The lowest BCUT2D eigenvalue weighted by atomic mass is 10.2. The van der Waals surface area contributed by atoms with Gasteiger partial charge < -0.3 is 15.2 Å². The Kier molecular flexibility index (Phi) is 4.99. The van der Waals surface area contributed by atoms with Crippen LogP contribution >= 0.6 is 0 Å². The summed E-state index contributed by atoms with van der Waals surface area (Å²) in [6.45, 7) is 0.768. The average Bonchev–Trinajstić information content (AvgIpc) is 2.52. The molecule has 102 valence electrons. The van der Waals surface area contributed by atoms with E-state index >= 15 is 0 Å². The summed E-state index contributed by atoms with van der Waals surface area (Å²) < 4.78 is 10.9. The van der Waals surface area contributed by atoms with Crippen molar-refractivity contribution in [1.29, 1.82) is 0 Å². The second-order valence-electron chi connectivity index (χ2n) is 3.99. The molecule has 2 N–H and O–H groups in total. The van der Waals surface area contributed by atoms with Crippen LogP contribution in [0.15, 0.2) is 42.6 Å². The third-order valence-electron chi connectivity index (χ3n) is 2.63. The largest absolute Gasteiger partial charge is 0.489 e. The van der Waals surface area contributed by atoms with E-state index in [0.29, 0.717) is 19.0 Å². The highest BCUT2D eigenvalue weighted by Gasteiger charge is 2.03. The first-order chi connectivity index (χ1) is 9.83. The van der Waals surface area contributed by atoms with Crippen LogP contribution in [0.2, 0.25) is 0 Å². The molecule has 0 radical (unpaired) electrons. The highest BCUT2D eigenvalue weighted by molar-refractivity contribution is 5.38. The van der Waals surface area contributed by atoms with Crippen LogP contribution in [0.4, 0.5) is 0 Å². The van der Waals surface area contributed by atoms with Gasteiger partial charge in [0.05, 0.1) is 19.2 Å². The van der Waals surface area contributed by atoms with Crippen molar-refractivity contribution in [2.24, 2.45) is 5.73 Å². The summed E-state index contributed by atoms with van der Waals surface area (Å²) in [4.78, 5) is 4.12. The number of methoxy groups -OCH3 is 1. The lowest BCUT2D eigenvalue weighted by molar-refractivity contribution is 0.294. The van der Waals surface area contributed by atoms with Gasteiger partial charge in [0.15, 0.2) is 0 Å². The van der Waals surface area contributed by atoms with Crippen LogP contribution in [0.1, 0.15) is 11.1 Å². The van der Waals surface area contributed by atoms with Gasteiger partial charge in [-0.25, -0.2) is 4.98 Å². The number of ether oxygens (including phenoxy) is 2. The van der Waals surface area contributed by atoms with Crippen LogP contribution in [-0.4, -0.2) is 18.6 Å². The van der Waals surface area contributed by atoms with Crippen molar-refractivity contribution in [2.45, 2.75) is 6.61 Å². The summed E-state index contributed by atoms with van der Waals surface area (Å²) >= 11 is 0. The number of hydrogen-bond donors (Lipinski definition) is 1. The van der Waals surface area contributed by atoms with Crippen molar-refractivity contribution in [3.8, 4) is 23.5 Å². The molecule has 0 unspecified atom stereocenters. The Hall–Kier alpha value is -2.51. The summed E-state index contributed by atoms with van der Waals surface area (Å²) in [5, 5.41) is 0. The van der Waals surface area contributed by atoms with E-state index in [0.717, 1.165) is 16.9 Å². The number of benzene rings is 1. The van der Waals surface area contributed by atoms with E-state index in [4.69, 9.17) is 15.2 Å². The van der Waals surface area contributed by atoms with Gasteiger partial charge in [-0.1, -0.05) is 11.8 Å². The monoisotopic (exact) mass is 268 g/mol. The maximum atomic E-state index is 5.70. The van der Waals surface area contributed by atoms with Crippen LogP contribution in [0.5, 0.6) is 11.6 Å². The fraction of sp³-hybridized carbons (Fsp3) is 0.188. The lowest BCUT2D eigenvalue weighted by Crippen LogP contribution is -2.00. The fourth-order valence-electron chi connectivity index (χ4n) is 1.67. The second-order valence-corrected chi connectivity index (χ2v) is 3.99. The first kappa shape index (κ1) is 13.9. The van der Waals surface area contributed by atoms with E-state index in [1.54, 1.807) is 13.3 Å². The van der Waals surface area contributed by atoms with Crippen LogP contribution < -0.4 is 15.2 Å². The zero-order valence-electron chi connectivity index (χ0n) is 11.3. The number of aromatic nitrogens is 1. The Labute approximate surface area is 118 Å². The average molecular weight is 268 g/mol. The first-order valence-electron chi connectivity index (χ1n) is 6.23. The molecule has 0 amide bonds. The van der Waals surface area contributed by atoms with Crippen LogP contribution in [0.25, 0.3) is 0 Å². The molecule has 0 bridgehead atoms. The van der Waals surface area contributed by atoms with Crippen molar-refractivity contribution in [3.05, 3.63) is 53.7 Å². The molecule has 4 nitrogen and oxygen atoms in total. The number of nitrogens with two attached hydrogens (primary N) is 1. The molecule has 0 spiro atoms. The molecule has 1 aromatic carbocycles. The fourth-order valence-corrected chi connectivity index (χ4v) is 1.67. The third-order valence-corrected chi connectivity index (χ3v) is 2.63. The van der Waals surface area contributed by atoms with Gasteiger partial charge in [-0.3, -0.25) is 0 Å². The predicted octanol–water partition coefficient (Wildman–Crippen LogP) is 1.98. The highest BCUT2D eigenvalue weighted by Crippen LogP contribution is 2.18. The summed E-state index contributed by atoms with van der Waals surface area (Å²) in [7, 11) is 1.59. The van der Waals surface area contributed by atoms with Gasteiger partial charge >= 0.3 is 0 Å².